The number of benzene rings is 9. The number of carbonyl (C=O) groups is 5. The number of nitrogens with one attached hydrogen (secondary N) is 3. The molecule has 5 amide bonds. The number of amides is 5. The van der Waals surface area contributed by atoms with Crippen molar-refractivity contribution in [2.45, 2.75) is 111 Å². The maximum atomic E-state index is 13.4. The number of aliphatic hydroxyl groups is 1. The molecule has 9 aromatic carbocycles. The number of ether oxygens (including phenoxy) is 4. The second kappa shape index (κ2) is 54.9. The number of nitrogens with zero attached hydrogens (tertiary/aromatic N) is 6. The Hall–Kier alpha value is -13.2. The number of carbonyl (C=O) groups excluding carboxylic acids is 5. The van der Waals surface area contributed by atoms with Crippen molar-refractivity contribution in [1.29, 1.82) is 0 Å². The first-order chi connectivity index (χ1) is 70.2. The van der Waals surface area contributed by atoms with E-state index in [4.69, 9.17) is 144 Å². The molecule has 0 spiro atoms. The minimum Gasteiger partial charge on any atom is -0.503 e. The Kier molecular flexibility index (Phi) is 41.9. The van der Waals surface area contributed by atoms with Crippen LogP contribution in [0.4, 0.5) is 0 Å². The van der Waals surface area contributed by atoms with Crippen molar-refractivity contribution in [2.75, 3.05) is 32.6 Å². The zero-order chi connectivity index (χ0) is 105. The van der Waals surface area contributed by atoms with Gasteiger partial charge in [-0.15, -0.1) is 0 Å². The molecule has 0 saturated heterocycles. The normalized spacial score (nSPS) is 12.0. The Labute approximate surface area is 888 Å². The van der Waals surface area contributed by atoms with E-state index in [2.05, 4.69) is 16.0 Å². The number of hydrogen-bond acceptors (Lipinski definition) is 20. The van der Waals surface area contributed by atoms with Crippen molar-refractivity contribution in [3.63, 3.8) is 0 Å². The monoisotopic (exact) mass is 2200 g/mol. The average Bonchev–Trinajstić information content (AvgIpc) is 1.00. The van der Waals surface area contributed by atoms with Gasteiger partial charge in [-0.1, -0.05) is 268 Å². The number of aromatic hydroxyl groups is 1. The molecule has 0 bridgehead atoms. The summed E-state index contributed by atoms with van der Waals surface area (Å²) in [6, 6.07) is 69.6. The van der Waals surface area contributed by atoms with Crippen LogP contribution in [-0.4, -0.2) is 109 Å². The number of aryl methyl sites for hydroxylation is 4. The summed E-state index contributed by atoms with van der Waals surface area (Å²) in [5, 5.41) is 31.6. The van der Waals surface area contributed by atoms with Gasteiger partial charge in [0, 0.05) is 134 Å². The highest BCUT2D eigenvalue weighted by Gasteiger charge is 2.31. The lowest BCUT2D eigenvalue weighted by atomic mass is 10.2. The fourth-order valence-electron chi connectivity index (χ4n) is 14.7. The largest absolute Gasteiger partial charge is 0.503 e. The molecule has 5 N–H and O–H groups in total. The van der Waals surface area contributed by atoms with Gasteiger partial charge in [-0.05, 0) is 136 Å². The molecular formula is C106H95Cl10N9O20S. The molecule has 2 aliphatic heterocycles. The third kappa shape index (κ3) is 32.4. The molecule has 0 radical (unpaired) electrons. The van der Waals surface area contributed by atoms with E-state index < -0.39 is 55.3 Å². The van der Waals surface area contributed by atoms with E-state index in [-0.39, 0.29) is 141 Å². The predicted molar refractivity (Wildman–Crippen MR) is 564 cm³/mol. The number of pyridine rings is 4. The summed E-state index contributed by atoms with van der Waals surface area (Å²) in [5.74, 6) is -3.05. The minimum atomic E-state index is -3.59. The van der Waals surface area contributed by atoms with E-state index in [0.717, 1.165) is 69.9 Å². The highest BCUT2D eigenvalue weighted by atomic mass is 35.5. The van der Waals surface area contributed by atoms with Crippen molar-refractivity contribution in [3.05, 3.63) is 454 Å². The lowest BCUT2D eigenvalue weighted by Gasteiger charge is -2.22. The molecule has 16 rings (SSSR count). The van der Waals surface area contributed by atoms with Crippen LogP contribution in [-0.2, 0) is 99.6 Å². The van der Waals surface area contributed by atoms with E-state index in [0.29, 0.717) is 108 Å². The molecule has 7 heterocycles. The Balaban J connectivity index is 0.000000163. The summed E-state index contributed by atoms with van der Waals surface area (Å²) >= 11 is 59.9. The first kappa shape index (κ1) is 112. The Bertz CT molecular complexity index is 7420. The Morgan fingerprint density at radius 2 is 0.692 bits per heavy atom. The zero-order valence-electron chi connectivity index (χ0n) is 77.9. The van der Waals surface area contributed by atoms with Gasteiger partial charge in [0.15, 0.2) is 45.8 Å². The lowest BCUT2D eigenvalue weighted by molar-refractivity contribution is 0.0733. The molecule has 0 aliphatic carbocycles. The second-order valence-corrected chi connectivity index (χ2v) is 38.4. The van der Waals surface area contributed by atoms with Crippen LogP contribution in [0.2, 0.25) is 50.2 Å². The van der Waals surface area contributed by atoms with E-state index >= 15 is 0 Å². The third-order valence-electron chi connectivity index (χ3n) is 22.0. The average molecular weight is 2200 g/mol. The van der Waals surface area contributed by atoms with Gasteiger partial charge in [-0.2, -0.15) is 8.42 Å². The standard InChI is InChI=1S/C24H24Cl2N2O6S.C23H22Cl2N2O4.C23H20Cl2N2O3.C20H15Cl2NO4.C16H14Cl2N2O3/c1-35(31,32)34-13-5-11-28-12-10-21(29)23(33-16-17-6-3-2-4-7-17)22(28)24(30)27-15-18-8-9-19(25)20(26)14-18;24-18-8-7-17(13-19(18)25)14-26-23(30)21-22(31-15-16-5-2-1-3-6-16)20(29)9-11-27(21)10-4-12-28;24-18-8-7-17(13-19(18)25)14-27-11-4-10-26-12-9-20(28)22(21(26)23(27)29)30-15-16-5-2-1-3-6-16;21-15-7-6-14(10-16(15)22)11-23-20(25)19-18(17(24)8-9-26-19)27-12-13-4-2-1-3-5-13;17-11-3-2-10(8-12(11)18)9-20-6-1-5-19-7-4-13(21)15(22)14(19)16(20)23/h2-4,6-10,12,14H,5,11,13,15-16H2,1H3,(H,27,30);1-3,5-9,11,13,28H,4,10,12,14-15H2,(H,26,30);1-3,5-9,12-13H,4,10-11,14-15H2;1-10H,11-12H2,(H,23,25);2-4,7-8,22H,1,5-6,9H2. The summed E-state index contributed by atoms with van der Waals surface area (Å²) in [6.07, 6.45) is 10.5. The van der Waals surface area contributed by atoms with Gasteiger partial charge in [-0.25, -0.2) is 0 Å². The molecule has 0 atom stereocenters. The Morgan fingerprint density at radius 1 is 0.363 bits per heavy atom. The van der Waals surface area contributed by atoms with Gasteiger partial charge < -0.3 is 77.6 Å². The van der Waals surface area contributed by atoms with Gasteiger partial charge in [0.25, 0.3) is 39.7 Å². The first-order valence-corrected chi connectivity index (χ1v) is 50.8. The summed E-state index contributed by atoms with van der Waals surface area (Å²) in [6.45, 7) is 4.53. The van der Waals surface area contributed by atoms with Crippen LogP contribution in [0, 0.1) is 0 Å². The highest BCUT2D eigenvalue weighted by molar-refractivity contribution is 7.86. The number of aliphatic hydroxyl groups excluding tert-OH is 1. The molecule has 760 valence electrons. The maximum absolute atomic E-state index is 13.4. The fourth-order valence-corrected chi connectivity index (χ4v) is 16.8. The van der Waals surface area contributed by atoms with Crippen LogP contribution < -0.4 is 62.0 Å². The molecule has 29 nitrogen and oxygen atoms in total. The van der Waals surface area contributed by atoms with Crippen LogP contribution in [0.1, 0.15) is 128 Å². The van der Waals surface area contributed by atoms with E-state index in [1.54, 1.807) is 115 Å². The van der Waals surface area contributed by atoms with Crippen LogP contribution in [0.15, 0.2) is 302 Å². The Morgan fingerprint density at radius 3 is 1.08 bits per heavy atom. The van der Waals surface area contributed by atoms with Crippen LogP contribution in [0.25, 0.3) is 0 Å². The van der Waals surface area contributed by atoms with Gasteiger partial charge in [0.05, 0.1) is 69.4 Å². The van der Waals surface area contributed by atoms with Crippen LogP contribution in [0.3, 0.4) is 0 Å². The van der Waals surface area contributed by atoms with Crippen molar-refractivity contribution in [2.24, 2.45) is 0 Å². The maximum Gasteiger partial charge on any atom is 0.291 e. The predicted octanol–water partition coefficient (Wildman–Crippen LogP) is 20.2. The molecule has 0 fully saturated rings. The van der Waals surface area contributed by atoms with Gasteiger partial charge in [-0.3, -0.25) is 52.1 Å². The molecule has 2 aliphatic rings. The van der Waals surface area contributed by atoms with Crippen molar-refractivity contribution in [1.82, 2.24) is 44.0 Å². The van der Waals surface area contributed by atoms with Crippen LogP contribution in [0.5, 0.6) is 28.7 Å². The van der Waals surface area contributed by atoms with Crippen molar-refractivity contribution in [3.8, 4) is 28.7 Å². The van der Waals surface area contributed by atoms with Gasteiger partial charge in [0.1, 0.15) is 26.4 Å². The molecular weight excluding hydrogens is 2110 g/mol. The number of halogens is 10. The highest BCUT2D eigenvalue weighted by Crippen LogP contribution is 2.32. The minimum absolute atomic E-state index is 0.0212. The molecule has 5 aromatic heterocycles. The molecule has 0 saturated carbocycles. The number of hydrogen-bond donors (Lipinski definition) is 5. The quantitative estimate of drug-likeness (QED) is 0.0188. The van der Waals surface area contributed by atoms with Gasteiger partial charge in [0.2, 0.25) is 38.7 Å². The first-order valence-electron chi connectivity index (χ1n) is 45.2. The molecule has 14 aromatic rings. The van der Waals surface area contributed by atoms with E-state index in [1.807, 2.05) is 127 Å². The SMILES string of the molecule is CS(=O)(=O)OCCCn1ccc(=O)c(OCc2ccccc2)c1C(=O)NCc1ccc(Cl)c(Cl)c1.O=C(NCc1ccc(Cl)c(Cl)c1)c1c(OCc2ccccc2)c(=O)ccn1CCCO.O=C(NCc1ccc(Cl)c(Cl)c1)c1occc(=O)c1OCc1ccccc1.O=C1c2c(O)c(=O)ccn2CCCN1Cc1ccc(Cl)c(Cl)c1.O=C1c2c(OCc3ccccc3)c(=O)ccn2CCCN1Cc1ccc(Cl)c(Cl)c1. The fraction of sp³-hybridized carbons (Fsp3) is 0.208. The summed E-state index contributed by atoms with van der Waals surface area (Å²) in [5.41, 5.74) is 5.73. The number of rotatable bonds is 33. The van der Waals surface area contributed by atoms with Crippen LogP contribution >= 0.6 is 116 Å². The second-order valence-electron chi connectivity index (χ2n) is 32.7. The van der Waals surface area contributed by atoms with E-state index in [1.165, 1.54) is 53.5 Å². The summed E-state index contributed by atoms with van der Waals surface area (Å²) in [4.78, 5) is 130. The molecule has 146 heavy (non-hydrogen) atoms. The van der Waals surface area contributed by atoms with Gasteiger partial charge >= 0.3 is 0 Å². The van der Waals surface area contributed by atoms with E-state index in [9.17, 15) is 66.6 Å². The smallest absolute Gasteiger partial charge is 0.291 e. The molecule has 40 heteroatoms. The topological polar surface area (TPSA) is 367 Å². The lowest BCUT2D eigenvalue weighted by Crippen LogP contribution is -2.32. The summed E-state index contributed by atoms with van der Waals surface area (Å²) in [7, 11) is -3.59. The summed E-state index contributed by atoms with van der Waals surface area (Å²) < 4.78 is 62.1. The third-order valence-corrected chi connectivity index (χ3v) is 26.3. The number of fused-ring (bicyclic) bond motifs is 2. The van der Waals surface area contributed by atoms with Crippen molar-refractivity contribution < 1.29 is 70.2 Å². The van der Waals surface area contributed by atoms with Crippen molar-refractivity contribution >= 4 is 156 Å². The number of aromatic nitrogens is 4. The zero-order valence-corrected chi connectivity index (χ0v) is 86.3. The molecule has 0 unspecified atom stereocenters.